The van der Waals surface area contributed by atoms with Crippen molar-refractivity contribution in [1.82, 2.24) is 14.8 Å². The van der Waals surface area contributed by atoms with Gasteiger partial charge >= 0.3 is 0 Å². The second-order valence-electron chi connectivity index (χ2n) is 7.74. The van der Waals surface area contributed by atoms with E-state index in [9.17, 15) is 19.6 Å². The maximum absolute atomic E-state index is 12.7. The van der Waals surface area contributed by atoms with Crippen LogP contribution in [0.3, 0.4) is 0 Å². The highest BCUT2D eigenvalue weighted by atomic mass is 16.2. The third-order valence-corrected chi connectivity index (χ3v) is 5.66. The van der Waals surface area contributed by atoms with Gasteiger partial charge in [-0.1, -0.05) is 18.2 Å². The van der Waals surface area contributed by atoms with Gasteiger partial charge in [-0.25, -0.2) is 0 Å². The number of para-hydroxylation sites is 1. The number of aromatic nitrogens is 1. The Morgan fingerprint density at radius 3 is 2.45 bits per heavy atom. The number of aromatic amines is 1. The molecule has 0 unspecified atom stereocenters. The number of nitrogens with one attached hydrogen (secondary N) is 2. The number of pyridine rings is 1. The number of aryl methyl sites for hydroxylation is 1. The minimum absolute atomic E-state index is 0.0388. The van der Waals surface area contributed by atoms with E-state index >= 15 is 0 Å². The summed E-state index contributed by atoms with van der Waals surface area (Å²) in [7, 11) is 0. The fraction of sp³-hybridized carbons (Fsp3) is 0.391. The highest BCUT2D eigenvalue weighted by Gasteiger charge is 2.23. The first-order chi connectivity index (χ1) is 14.9. The molecule has 0 bridgehead atoms. The fourth-order valence-corrected chi connectivity index (χ4v) is 3.89. The quantitative estimate of drug-likeness (QED) is 0.736. The van der Waals surface area contributed by atoms with Crippen molar-refractivity contribution in [2.45, 2.75) is 26.7 Å². The molecule has 0 radical (unpaired) electrons. The van der Waals surface area contributed by atoms with Gasteiger partial charge in [0.15, 0.2) is 0 Å². The number of carbonyl (C=O) groups is 2. The van der Waals surface area contributed by atoms with Gasteiger partial charge in [-0.15, -0.1) is 0 Å². The molecule has 2 heterocycles. The number of amides is 2. The molecule has 2 N–H and O–H groups in total. The molecule has 2 amide bonds. The predicted molar refractivity (Wildman–Crippen MR) is 118 cm³/mol. The van der Waals surface area contributed by atoms with Crippen LogP contribution in [0.1, 0.15) is 28.8 Å². The topological polar surface area (TPSA) is 109 Å². The van der Waals surface area contributed by atoms with Crippen molar-refractivity contribution in [3.05, 3.63) is 63.1 Å². The lowest BCUT2D eigenvalue weighted by Crippen LogP contribution is -2.50. The van der Waals surface area contributed by atoms with E-state index in [4.69, 9.17) is 0 Å². The Kier molecular flexibility index (Phi) is 7.21. The molecule has 0 atom stereocenters. The van der Waals surface area contributed by atoms with E-state index < -0.39 is 0 Å². The number of benzene rings is 1. The van der Waals surface area contributed by atoms with E-state index in [0.29, 0.717) is 56.8 Å². The van der Waals surface area contributed by atoms with Crippen LogP contribution in [0.2, 0.25) is 0 Å². The number of anilines is 1. The van der Waals surface area contributed by atoms with Crippen LogP contribution in [0.25, 0.3) is 0 Å². The number of nitriles is 1. The van der Waals surface area contributed by atoms with Gasteiger partial charge in [-0.05, 0) is 43.5 Å². The van der Waals surface area contributed by atoms with Crippen molar-refractivity contribution < 1.29 is 9.59 Å². The van der Waals surface area contributed by atoms with Crippen LogP contribution in [0.15, 0.2) is 35.1 Å². The number of carbonyl (C=O) groups excluding carboxylic acids is 2. The van der Waals surface area contributed by atoms with Gasteiger partial charge in [0, 0.05) is 44.0 Å². The summed E-state index contributed by atoms with van der Waals surface area (Å²) in [5, 5.41) is 12.1. The lowest BCUT2D eigenvalue weighted by atomic mass is 9.99. The van der Waals surface area contributed by atoms with E-state index in [-0.39, 0.29) is 22.9 Å². The van der Waals surface area contributed by atoms with Gasteiger partial charge < -0.3 is 15.2 Å². The molecule has 1 aromatic heterocycles. The molecule has 1 aromatic carbocycles. The smallest absolute Gasteiger partial charge is 0.266 e. The molecule has 31 heavy (non-hydrogen) atoms. The standard InChI is InChI=1S/C23H27N5O3/c1-16-19(17(2)25-23(31)20(16)14-24)8-9-22(30)28-12-10-27(11-13-28)15-21(29)26-18-6-4-3-5-7-18/h3-7H,8-13,15H2,1-2H3,(H,25,31)(H,26,29). The van der Waals surface area contributed by atoms with E-state index in [1.165, 1.54) is 0 Å². The normalized spacial score (nSPS) is 14.2. The van der Waals surface area contributed by atoms with Gasteiger partial charge in [-0.3, -0.25) is 19.3 Å². The summed E-state index contributed by atoms with van der Waals surface area (Å²) in [4.78, 5) is 43.3. The summed E-state index contributed by atoms with van der Waals surface area (Å²) in [6.07, 6.45) is 0.786. The summed E-state index contributed by atoms with van der Waals surface area (Å²) in [6.45, 7) is 6.26. The Bertz CT molecular complexity index is 1050. The molecule has 1 saturated heterocycles. The minimum Gasteiger partial charge on any atom is -0.340 e. The summed E-state index contributed by atoms with van der Waals surface area (Å²) < 4.78 is 0. The molecule has 0 spiro atoms. The average molecular weight is 422 g/mol. The molecule has 2 aromatic rings. The number of rotatable bonds is 6. The van der Waals surface area contributed by atoms with Gasteiger partial charge in [0.2, 0.25) is 11.8 Å². The van der Waals surface area contributed by atoms with E-state index in [1.54, 1.807) is 13.8 Å². The Hall–Kier alpha value is -3.44. The van der Waals surface area contributed by atoms with Crippen LogP contribution < -0.4 is 10.9 Å². The summed E-state index contributed by atoms with van der Waals surface area (Å²) >= 11 is 0. The number of hydrogen-bond acceptors (Lipinski definition) is 5. The third kappa shape index (κ3) is 5.58. The van der Waals surface area contributed by atoms with Gasteiger partial charge in [0.25, 0.3) is 5.56 Å². The van der Waals surface area contributed by atoms with Crippen molar-refractivity contribution in [3.63, 3.8) is 0 Å². The van der Waals surface area contributed by atoms with Crippen molar-refractivity contribution >= 4 is 17.5 Å². The largest absolute Gasteiger partial charge is 0.340 e. The molecular formula is C23H27N5O3. The first-order valence-electron chi connectivity index (χ1n) is 10.4. The SMILES string of the molecule is Cc1[nH]c(=O)c(C#N)c(C)c1CCC(=O)N1CCN(CC(=O)Nc2ccccc2)CC1. The molecule has 0 saturated carbocycles. The zero-order valence-electron chi connectivity index (χ0n) is 17.9. The summed E-state index contributed by atoms with van der Waals surface area (Å²) in [5.41, 5.74) is 2.68. The summed E-state index contributed by atoms with van der Waals surface area (Å²) in [6, 6.07) is 11.3. The first kappa shape index (κ1) is 22.2. The Balaban J connectivity index is 1.48. The molecule has 8 heteroatoms. The second-order valence-corrected chi connectivity index (χ2v) is 7.74. The van der Waals surface area contributed by atoms with Crippen LogP contribution in [-0.4, -0.2) is 59.3 Å². The molecular weight excluding hydrogens is 394 g/mol. The lowest BCUT2D eigenvalue weighted by Gasteiger charge is -2.34. The highest BCUT2D eigenvalue weighted by Crippen LogP contribution is 2.16. The zero-order chi connectivity index (χ0) is 22.4. The predicted octanol–water partition coefficient (Wildman–Crippen LogP) is 1.58. The van der Waals surface area contributed by atoms with Crippen LogP contribution >= 0.6 is 0 Å². The number of hydrogen-bond donors (Lipinski definition) is 2. The van der Waals surface area contributed by atoms with Crippen molar-refractivity contribution in [3.8, 4) is 6.07 Å². The third-order valence-electron chi connectivity index (χ3n) is 5.66. The first-order valence-corrected chi connectivity index (χ1v) is 10.4. The average Bonchev–Trinajstić information content (AvgIpc) is 2.74. The van der Waals surface area contributed by atoms with Gasteiger partial charge in [0.1, 0.15) is 11.6 Å². The number of piperazine rings is 1. The maximum Gasteiger partial charge on any atom is 0.266 e. The molecule has 3 rings (SSSR count). The lowest BCUT2D eigenvalue weighted by molar-refractivity contribution is -0.133. The zero-order valence-corrected chi connectivity index (χ0v) is 17.9. The molecule has 1 aliphatic heterocycles. The number of nitrogens with zero attached hydrogens (tertiary/aromatic N) is 3. The Morgan fingerprint density at radius 1 is 1.13 bits per heavy atom. The van der Waals surface area contributed by atoms with E-state index in [1.807, 2.05) is 46.2 Å². The van der Waals surface area contributed by atoms with Crippen molar-refractivity contribution in [1.29, 1.82) is 5.26 Å². The van der Waals surface area contributed by atoms with Crippen LogP contribution in [0.5, 0.6) is 0 Å². The Labute approximate surface area is 181 Å². The van der Waals surface area contributed by atoms with Gasteiger partial charge in [-0.2, -0.15) is 5.26 Å². The molecule has 1 fully saturated rings. The maximum atomic E-state index is 12.7. The molecule has 0 aliphatic carbocycles. The monoisotopic (exact) mass is 421 g/mol. The van der Waals surface area contributed by atoms with Crippen LogP contribution in [0, 0.1) is 25.2 Å². The molecule has 1 aliphatic rings. The van der Waals surface area contributed by atoms with Crippen LogP contribution in [0.4, 0.5) is 5.69 Å². The van der Waals surface area contributed by atoms with E-state index in [2.05, 4.69) is 10.3 Å². The number of H-pyrrole nitrogens is 1. The van der Waals surface area contributed by atoms with Gasteiger partial charge in [0.05, 0.1) is 6.54 Å². The van der Waals surface area contributed by atoms with Crippen LogP contribution in [-0.2, 0) is 16.0 Å². The summed E-state index contributed by atoms with van der Waals surface area (Å²) in [5.74, 6) is -0.0276. The fourth-order valence-electron chi connectivity index (χ4n) is 3.89. The van der Waals surface area contributed by atoms with Crippen molar-refractivity contribution in [2.24, 2.45) is 0 Å². The highest BCUT2D eigenvalue weighted by molar-refractivity contribution is 5.92. The molecule has 8 nitrogen and oxygen atoms in total. The second kappa shape index (κ2) is 10.0. The van der Waals surface area contributed by atoms with E-state index in [0.717, 1.165) is 11.3 Å². The van der Waals surface area contributed by atoms with Crippen molar-refractivity contribution in [2.75, 3.05) is 38.0 Å². The minimum atomic E-state index is -0.389. The Morgan fingerprint density at radius 2 is 1.81 bits per heavy atom. The molecule has 162 valence electrons.